The number of rotatable bonds is 4. The van der Waals surface area contributed by atoms with Gasteiger partial charge in [0.15, 0.2) is 5.69 Å². The first-order valence-corrected chi connectivity index (χ1v) is 9.88. The van der Waals surface area contributed by atoms with Crippen LogP contribution in [0, 0.1) is 0 Å². The van der Waals surface area contributed by atoms with Gasteiger partial charge in [-0.1, -0.05) is 93.5 Å². The Morgan fingerprint density at radius 3 is 2.39 bits per heavy atom. The van der Waals surface area contributed by atoms with E-state index < -0.39 is 9.76 Å². The predicted octanol–water partition coefficient (Wildman–Crippen LogP) is 6.24. The predicted molar refractivity (Wildman–Crippen MR) is 112 cm³/mol. The molecule has 0 aliphatic heterocycles. The van der Waals surface area contributed by atoms with Gasteiger partial charge in [-0.05, 0) is 24.6 Å². The average Bonchev–Trinajstić information content (AvgIpc) is 3.08. The van der Waals surface area contributed by atoms with Crippen molar-refractivity contribution in [3.63, 3.8) is 0 Å². The summed E-state index contributed by atoms with van der Waals surface area (Å²) in [5.74, 6) is -0.761. The highest BCUT2D eigenvalue weighted by atomic mass is 35.6. The van der Waals surface area contributed by atoms with E-state index in [-0.39, 0.29) is 23.0 Å². The maximum Gasteiger partial charge on any atom is 0.361 e. The molecule has 0 N–H and O–H groups in total. The molecular weight excluding hydrogens is 467 g/mol. The summed E-state index contributed by atoms with van der Waals surface area (Å²) in [6, 6.07) is 12.5. The van der Waals surface area contributed by atoms with Gasteiger partial charge in [-0.2, -0.15) is 0 Å². The van der Waals surface area contributed by atoms with Crippen molar-refractivity contribution in [1.82, 2.24) is 15.0 Å². The van der Waals surface area contributed by atoms with E-state index >= 15 is 0 Å². The number of benzene rings is 2. The summed E-state index contributed by atoms with van der Waals surface area (Å²) in [5, 5.41) is 8.49. The molecular formula is C18H12Cl5N3O2. The molecule has 0 saturated carbocycles. The van der Waals surface area contributed by atoms with E-state index in [0.29, 0.717) is 16.3 Å². The molecule has 28 heavy (non-hydrogen) atoms. The second-order valence-corrected chi connectivity index (χ2v) is 8.60. The van der Waals surface area contributed by atoms with Crippen LogP contribution in [-0.4, -0.2) is 27.6 Å². The van der Waals surface area contributed by atoms with Gasteiger partial charge in [-0.25, -0.2) is 9.48 Å². The van der Waals surface area contributed by atoms with Crippen molar-refractivity contribution < 1.29 is 9.53 Å². The van der Waals surface area contributed by atoms with Crippen molar-refractivity contribution >= 4 is 64.0 Å². The highest BCUT2D eigenvalue weighted by Gasteiger charge is 2.37. The third-order valence-electron chi connectivity index (χ3n) is 3.77. The van der Waals surface area contributed by atoms with Gasteiger partial charge in [0.05, 0.1) is 22.3 Å². The lowest BCUT2D eigenvalue weighted by molar-refractivity contribution is 0.0518. The molecule has 0 fully saturated rings. The molecule has 0 aliphatic rings. The van der Waals surface area contributed by atoms with Crippen molar-refractivity contribution in [2.45, 2.75) is 10.7 Å². The maximum atomic E-state index is 12.2. The van der Waals surface area contributed by atoms with E-state index in [1.165, 1.54) is 4.68 Å². The molecule has 10 heteroatoms. The first-order chi connectivity index (χ1) is 13.3. The Bertz CT molecular complexity index is 1020. The van der Waals surface area contributed by atoms with E-state index in [0.717, 1.165) is 5.56 Å². The van der Waals surface area contributed by atoms with Crippen LogP contribution in [0.15, 0.2) is 42.5 Å². The minimum atomic E-state index is -2.01. The standard InChI is InChI=1S/C18H12Cl5N3O2/c1-2-28-17(27)15-16(18(21,22)23)26(25-24-15)12-9-8-11(19)13(14(12)20)10-6-4-3-5-7-10/h3-9H,2H2,1H3. The Morgan fingerprint density at radius 1 is 1.11 bits per heavy atom. The number of esters is 1. The zero-order chi connectivity index (χ0) is 20.5. The molecule has 146 valence electrons. The molecule has 3 rings (SSSR count). The van der Waals surface area contributed by atoms with E-state index in [2.05, 4.69) is 10.3 Å². The lowest BCUT2D eigenvalue weighted by atomic mass is 10.0. The quantitative estimate of drug-likeness (QED) is 0.328. The van der Waals surface area contributed by atoms with Crippen LogP contribution in [0.25, 0.3) is 16.8 Å². The van der Waals surface area contributed by atoms with E-state index in [9.17, 15) is 4.79 Å². The van der Waals surface area contributed by atoms with Gasteiger partial charge in [-0.3, -0.25) is 0 Å². The summed E-state index contributed by atoms with van der Waals surface area (Å²) in [5.41, 5.74) is 1.41. The molecule has 0 unspecified atom stereocenters. The molecule has 1 heterocycles. The number of ether oxygens (including phenoxy) is 1. The second-order valence-electron chi connectivity index (χ2n) is 5.54. The van der Waals surface area contributed by atoms with Gasteiger partial charge in [0.25, 0.3) is 0 Å². The van der Waals surface area contributed by atoms with Crippen molar-refractivity contribution in [3.05, 3.63) is 63.9 Å². The first-order valence-electron chi connectivity index (χ1n) is 7.99. The highest BCUT2D eigenvalue weighted by Crippen LogP contribution is 2.43. The number of hydrogen-bond acceptors (Lipinski definition) is 4. The van der Waals surface area contributed by atoms with Gasteiger partial charge >= 0.3 is 5.97 Å². The van der Waals surface area contributed by atoms with Gasteiger partial charge in [-0.15, -0.1) is 5.10 Å². The van der Waals surface area contributed by atoms with Crippen LogP contribution in [0.2, 0.25) is 10.0 Å². The van der Waals surface area contributed by atoms with Crippen LogP contribution in [-0.2, 0) is 8.53 Å². The maximum absolute atomic E-state index is 12.2. The SMILES string of the molecule is CCOC(=O)c1nnn(-c2ccc(Cl)c(-c3ccccc3)c2Cl)c1C(Cl)(Cl)Cl. The highest BCUT2D eigenvalue weighted by molar-refractivity contribution is 6.66. The lowest BCUT2D eigenvalue weighted by Gasteiger charge is -2.17. The first kappa shape index (κ1) is 21.2. The molecule has 0 amide bonds. The summed E-state index contributed by atoms with van der Waals surface area (Å²) < 4.78 is 4.16. The molecule has 3 aromatic rings. The van der Waals surface area contributed by atoms with Crippen molar-refractivity contribution in [2.75, 3.05) is 6.61 Å². The Balaban J connectivity index is 2.24. The fourth-order valence-electron chi connectivity index (χ4n) is 2.62. The number of carbonyl (C=O) groups is 1. The summed E-state index contributed by atoms with van der Waals surface area (Å²) in [6.45, 7) is 1.78. The van der Waals surface area contributed by atoms with Crippen LogP contribution in [0.4, 0.5) is 0 Å². The number of alkyl halides is 3. The summed E-state index contributed by atoms with van der Waals surface area (Å²) in [7, 11) is 0. The fourth-order valence-corrected chi connectivity index (χ4v) is 3.79. The van der Waals surface area contributed by atoms with Crippen LogP contribution < -0.4 is 0 Å². The molecule has 0 atom stereocenters. The lowest BCUT2D eigenvalue weighted by Crippen LogP contribution is -2.17. The number of nitrogens with zero attached hydrogens (tertiary/aromatic N) is 3. The average molecular weight is 480 g/mol. The van der Waals surface area contributed by atoms with Crippen LogP contribution >= 0.6 is 58.0 Å². The smallest absolute Gasteiger partial charge is 0.361 e. The molecule has 0 spiro atoms. The summed E-state index contributed by atoms with van der Waals surface area (Å²) in [6.07, 6.45) is 0. The van der Waals surface area contributed by atoms with Crippen molar-refractivity contribution in [2.24, 2.45) is 0 Å². The third-order valence-corrected chi connectivity index (χ3v) is 5.00. The second kappa shape index (κ2) is 8.47. The van der Waals surface area contributed by atoms with Crippen LogP contribution in [0.5, 0.6) is 0 Å². The number of carbonyl (C=O) groups excluding carboxylic acids is 1. The molecule has 5 nitrogen and oxygen atoms in total. The largest absolute Gasteiger partial charge is 0.461 e. The summed E-state index contributed by atoms with van der Waals surface area (Å²) >= 11 is 31.3. The molecule has 0 radical (unpaired) electrons. The normalized spacial score (nSPS) is 11.5. The minimum Gasteiger partial charge on any atom is -0.461 e. The van der Waals surface area contributed by atoms with Crippen molar-refractivity contribution in [1.29, 1.82) is 0 Å². The minimum absolute atomic E-state index is 0.0841. The number of halogens is 5. The molecule has 1 aromatic heterocycles. The molecule has 0 bridgehead atoms. The van der Waals surface area contributed by atoms with E-state index in [1.807, 2.05) is 30.3 Å². The molecule has 0 aliphatic carbocycles. The van der Waals surface area contributed by atoms with Crippen LogP contribution in [0.3, 0.4) is 0 Å². The van der Waals surface area contributed by atoms with Gasteiger partial charge in [0, 0.05) is 5.56 Å². The zero-order valence-corrected chi connectivity index (χ0v) is 18.1. The topological polar surface area (TPSA) is 57.0 Å². The third kappa shape index (κ3) is 4.09. The molecule has 0 saturated heterocycles. The van der Waals surface area contributed by atoms with Gasteiger partial charge in [0.2, 0.25) is 3.79 Å². The van der Waals surface area contributed by atoms with Crippen molar-refractivity contribution in [3.8, 4) is 16.8 Å². The number of hydrogen-bond donors (Lipinski definition) is 0. The summed E-state index contributed by atoms with van der Waals surface area (Å²) in [4.78, 5) is 12.2. The number of aromatic nitrogens is 3. The Hall–Kier alpha value is -1.50. The van der Waals surface area contributed by atoms with E-state index in [4.69, 9.17) is 62.7 Å². The van der Waals surface area contributed by atoms with Crippen LogP contribution in [0.1, 0.15) is 23.1 Å². The van der Waals surface area contributed by atoms with Gasteiger partial charge in [0.1, 0.15) is 5.69 Å². The zero-order valence-electron chi connectivity index (χ0n) is 14.3. The Kier molecular flexibility index (Phi) is 6.42. The molecule has 2 aromatic carbocycles. The van der Waals surface area contributed by atoms with E-state index in [1.54, 1.807) is 19.1 Å². The Morgan fingerprint density at radius 2 is 1.79 bits per heavy atom. The Labute approximate surface area is 186 Å². The van der Waals surface area contributed by atoms with Gasteiger partial charge < -0.3 is 4.74 Å². The fraction of sp³-hybridized carbons (Fsp3) is 0.167. The monoisotopic (exact) mass is 477 g/mol.